The zero-order valence-electron chi connectivity index (χ0n) is 6.46. The molecule has 0 bridgehead atoms. The van der Waals surface area contributed by atoms with Crippen LogP contribution >= 0.6 is 11.8 Å². The molecule has 0 aliphatic rings. The van der Waals surface area contributed by atoms with Crippen molar-refractivity contribution in [3.05, 3.63) is 23.5 Å². The lowest BCUT2D eigenvalue weighted by Crippen LogP contribution is -1.86. The topological polar surface area (TPSA) is 36.7 Å². The summed E-state index contributed by atoms with van der Waals surface area (Å²) in [6.45, 7) is 1.97. The van der Waals surface area contributed by atoms with Gasteiger partial charge in [-0.25, -0.2) is 4.98 Å². The summed E-state index contributed by atoms with van der Waals surface area (Å²) in [7, 11) is 0. The van der Waals surface area contributed by atoms with E-state index in [0.717, 1.165) is 10.5 Å². The van der Waals surface area contributed by atoms with Crippen molar-refractivity contribution in [3.63, 3.8) is 0 Å². The fraction of sp³-hybridized carbons (Fsp3) is 0.250. The molecular formula is C8H8N2S. The number of hydrogen-bond acceptors (Lipinski definition) is 3. The Labute approximate surface area is 70.3 Å². The molecule has 0 amide bonds. The average molecular weight is 164 g/mol. The first-order valence-corrected chi connectivity index (χ1v) is 4.41. The van der Waals surface area contributed by atoms with Gasteiger partial charge in [0.25, 0.3) is 0 Å². The molecule has 3 heteroatoms. The molecule has 0 spiro atoms. The molecule has 1 heterocycles. The first-order valence-electron chi connectivity index (χ1n) is 3.18. The van der Waals surface area contributed by atoms with E-state index in [1.165, 1.54) is 0 Å². The van der Waals surface area contributed by atoms with E-state index in [2.05, 4.69) is 4.98 Å². The third-order valence-electron chi connectivity index (χ3n) is 1.32. The summed E-state index contributed by atoms with van der Waals surface area (Å²) >= 11 is 1.55. The zero-order valence-corrected chi connectivity index (χ0v) is 7.27. The highest BCUT2D eigenvalue weighted by Gasteiger charge is 2.00. The largest absolute Gasteiger partial charge is 0.244 e. The number of hydrogen-bond donors (Lipinski definition) is 0. The third kappa shape index (κ3) is 1.72. The van der Waals surface area contributed by atoms with Crippen molar-refractivity contribution in [2.75, 3.05) is 6.26 Å². The fourth-order valence-corrected chi connectivity index (χ4v) is 1.38. The molecule has 0 N–H and O–H groups in total. The molecule has 0 fully saturated rings. The Balaban J connectivity index is 3.19. The van der Waals surface area contributed by atoms with Gasteiger partial charge in [0.15, 0.2) is 5.69 Å². The standard InChI is InChI=1S/C8H8N2S/c1-6-3-8(11-2)7(4-9)10-5-6/h3,5H,1-2H3. The predicted octanol–water partition coefficient (Wildman–Crippen LogP) is 1.98. The Hall–Kier alpha value is -1.01. The number of aromatic nitrogens is 1. The smallest absolute Gasteiger partial charge is 0.153 e. The summed E-state index contributed by atoms with van der Waals surface area (Å²) < 4.78 is 0. The normalized spacial score (nSPS) is 9.18. The van der Waals surface area contributed by atoms with Gasteiger partial charge in [0, 0.05) is 11.1 Å². The van der Waals surface area contributed by atoms with Crippen molar-refractivity contribution in [1.29, 1.82) is 5.26 Å². The summed E-state index contributed by atoms with van der Waals surface area (Å²) in [5.74, 6) is 0. The van der Waals surface area contributed by atoms with Crippen LogP contribution in [0.25, 0.3) is 0 Å². The third-order valence-corrected chi connectivity index (χ3v) is 2.07. The number of rotatable bonds is 1. The van der Waals surface area contributed by atoms with E-state index < -0.39 is 0 Å². The van der Waals surface area contributed by atoms with Crippen LogP contribution in [0.1, 0.15) is 11.3 Å². The van der Waals surface area contributed by atoms with Crippen molar-refractivity contribution in [3.8, 4) is 6.07 Å². The molecule has 11 heavy (non-hydrogen) atoms. The predicted molar refractivity (Wildman–Crippen MR) is 45.5 cm³/mol. The highest BCUT2D eigenvalue weighted by molar-refractivity contribution is 7.98. The van der Waals surface area contributed by atoms with Gasteiger partial charge in [0.05, 0.1) is 0 Å². The molecular weight excluding hydrogens is 156 g/mol. The first kappa shape index (κ1) is 8.09. The molecule has 1 aromatic rings. The SMILES string of the molecule is CSc1cc(C)cnc1C#N. The van der Waals surface area contributed by atoms with Crippen LogP contribution < -0.4 is 0 Å². The highest BCUT2D eigenvalue weighted by Crippen LogP contribution is 2.18. The lowest BCUT2D eigenvalue weighted by molar-refractivity contribution is 1.14. The van der Waals surface area contributed by atoms with Gasteiger partial charge in [-0.2, -0.15) is 5.26 Å². The fourth-order valence-electron chi connectivity index (χ4n) is 0.782. The van der Waals surface area contributed by atoms with Crippen LogP contribution in [0, 0.1) is 18.3 Å². The Morgan fingerprint density at radius 3 is 2.91 bits per heavy atom. The van der Waals surface area contributed by atoms with Crippen LogP contribution in [-0.4, -0.2) is 11.2 Å². The van der Waals surface area contributed by atoms with E-state index in [1.807, 2.05) is 25.3 Å². The van der Waals surface area contributed by atoms with E-state index in [4.69, 9.17) is 5.26 Å². The molecule has 0 aliphatic heterocycles. The van der Waals surface area contributed by atoms with Crippen molar-refractivity contribution in [1.82, 2.24) is 4.98 Å². The van der Waals surface area contributed by atoms with Gasteiger partial charge in [-0.1, -0.05) is 0 Å². The maximum Gasteiger partial charge on any atom is 0.153 e. The Kier molecular flexibility index (Phi) is 2.50. The van der Waals surface area contributed by atoms with Crippen molar-refractivity contribution in [2.24, 2.45) is 0 Å². The van der Waals surface area contributed by atoms with Crippen molar-refractivity contribution < 1.29 is 0 Å². The number of nitrogens with zero attached hydrogens (tertiary/aromatic N) is 2. The van der Waals surface area contributed by atoms with Gasteiger partial charge in [-0.3, -0.25) is 0 Å². The van der Waals surface area contributed by atoms with Gasteiger partial charge in [0.2, 0.25) is 0 Å². The average Bonchev–Trinajstić information content (AvgIpc) is 2.04. The summed E-state index contributed by atoms with van der Waals surface area (Å²) in [4.78, 5) is 4.94. The van der Waals surface area contributed by atoms with E-state index in [-0.39, 0.29) is 0 Å². The van der Waals surface area contributed by atoms with Crippen LogP contribution in [0.2, 0.25) is 0 Å². The van der Waals surface area contributed by atoms with E-state index in [1.54, 1.807) is 18.0 Å². The van der Waals surface area contributed by atoms with Gasteiger partial charge in [0.1, 0.15) is 6.07 Å². The maximum absolute atomic E-state index is 8.61. The number of thioether (sulfide) groups is 1. The number of pyridine rings is 1. The van der Waals surface area contributed by atoms with E-state index in [9.17, 15) is 0 Å². The lowest BCUT2D eigenvalue weighted by atomic mass is 10.3. The molecule has 56 valence electrons. The van der Waals surface area contributed by atoms with Crippen LogP contribution in [-0.2, 0) is 0 Å². The van der Waals surface area contributed by atoms with E-state index in [0.29, 0.717) is 5.69 Å². The summed E-state index contributed by atoms with van der Waals surface area (Å²) in [6.07, 6.45) is 3.65. The van der Waals surface area contributed by atoms with Crippen LogP contribution in [0.15, 0.2) is 17.2 Å². The quantitative estimate of drug-likeness (QED) is 0.595. The molecule has 0 saturated carbocycles. The Morgan fingerprint density at radius 2 is 2.36 bits per heavy atom. The molecule has 0 aliphatic carbocycles. The zero-order chi connectivity index (χ0) is 8.27. The van der Waals surface area contributed by atoms with Crippen molar-refractivity contribution in [2.45, 2.75) is 11.8 Å². The molecule has 0 unspecified atom stereocenters. The molecule has 1 rings (SSSR count). The van der Waals surface area contributed by atoms with Crippen LogP contribution in [0.4, 0.5) is 0 Å². The minimum absolute atomic E-state index is 0.517. The van der Waals surface area contributed by atoms with Gasteiger partial charge in [-0.05, 0) is 24.8 Å². The Bertz CT molecular complexity index is 301. The summed E-state index contributed by atoms with van der Waals surface area (Å²) in [5.41, 5.74) is 1.61. The second-order valence-corrected chi connectivity index (χ2v) is 3.02. The van der Waals surface area contributed by atoms with Crippen molar-refractivity contribution >= 4 is 11.8 Å². The Morgan fingerprint density at radius 1 is 1.64 bits per heavy atom. The number of aryl methyl sites for hydroxylation is 1. The lowest BCUT2D eigenvalue weighted by Gasteiger charge is -1.98. The molecule has 0 aromatic carbocycles. The second kappa shape index (κ2) is 3.40. The maximum atomic E-state index is 8.61. The van der Waals surface area contributed by atoms with Gasteiger partial charge >= 0.3 is 0 Å². The first-order chi connectivity index (χ1) is 5.27. The second-order valence-electron chi connectivity index (χ2n) is 2.18. The van der Waals surface area contributed by atoms with Gasteiger partial charge in [-0.15, -0.1) is 11.8 Å². The minimum atomic E-state index is 0.517. The molecule has 0 atom stereocenters. The van der Waals surface area contributed by atoms with Crippen LogP contribution in [0.5, 0.6) is 0 Å². The molecule has 0 radical (unpaired) electrons. The van der Waals surface area contributed by atoms with Crippen LogP contribution in [0.3, 0.4) is 0 Å². The van der Waals surface area contributed by atoms with Gasteiger partial charge < -0.3 is 0 Å². The van der Waals surface area contributed by atoms with E-state index >= 15 is 0 Å². The molecule has 0 saturated heterocycles. The molecule has 2 nitrogen and oxygen atoms in total. The minimum Gasteiger partial charge on any atom is -0.244 e. The highest BCUT2D eigenvalue weighted by atomic mass is 32.2. The summed E-state index contributed by atoms with van der Waals surface area (Å²) in [6, 6.07) is 4.01. The summed E-state index contributed by atoms with van der Waals surface area (Å²) in [5, 5.41) is 8.61. The number of nitriles is 1. The monoisotopic (exact) mass is 164 g/mol. The molecule has 1 aromatic heterocycles.